The molecule has 1 aliphatic rings. The lowest BCUT2D eigenvalue weighted by Crippen LogP contribution is -2.15. The number of fused-ring (bicyclic) bond motifs is 1. The molecule has 0 radical (unpaired) electrons. The summed E-state index contributed by atoms with van der Waals surface area (Å²) in [5, 5.41) is 0. The van der Waals surface area contributed by atoms with Crippen LogP contribution in [0.3, 0.4) is 0 Å². The Morgan fingerprint density at radius 1 is 1.15 bits per heavy atom. The molecule has 1 aromatic rings. The van der Waals surface area contributed by atoms with Crippen LogP contribution in [0.4, 0.5) is 0 Å². The molecule has 0 bridgehead atoms. The van der Waals surface area contributed by atoms with Crippen LogP contribution in [0.15, 0.2) is 18.2 Å². The Hall–Kier alpha value is -0.830. The maximum absolute atomic E-state index is 5.46. The average molecular weight is 196 g/mol. The van der Waals surface area contributed by atoms with Crippen LogP contribution < -0.4 is 9.47 Å². The fourth-order valence-corrected chi connectivity index (χ4v) is 1.63. The fourth-order valence-electron chi connectivity index (χ4n) is 1.37. The van der Waals surface area contributed by atoms with Gasteiger partial charge in [-0.2, -0.15) is 12.6 Å². The van der Waals surface area contributed by atoms with Crippen molar-refractivity contribution in [1.29, 1.82) is 0 Å². The van der Waals surface area contributed by atoms with Gasteiger partial charge < -0.3 is 9.47 Å². The molecule has 0 spiro atoms. The molecular weight excluding hydrogens is 184 g/mol. The van der Waals surface area contributed by atoms with Crippen LogP contribution in [0.25, 0.3) is 0 Å². The minimum absolute atomic E-state index is 0.650. The first-order valence-electron chi connectivity index (χ1n) is 4.39. The van der Waals surface area contributed by atoms with Crippen molar-refractivity contribution in [2.75, 3.05) is 19.0 Å². The van der Waals surface area contributed by atoms with E-state index in [9.17, 15) is 0 Å². The van der Waals surface area contributed by atoms with Crippen LogP contribution in [0.5, 0.6) is 11.5 Å². The van der Waals surface area contributed by atoms with E-state index < -0.39 is 0 Å². The molecule has 0 saturated carbocycles. The van der Waals surface area contributed by atoms with Crippen molar-refractivity contribution in [2.24, 2.45) is 0 Å². The number of hydrogen-bond acceptors (Lipinski definition) is 3. The quantitative estimate of drug-likeness (QED) is 0.729. The van der Waals surface area contributed by atoms with Gasteiger partial charge in [-0.15, -0.1) is 0 Å². The predicted molar refractivity (Wildman–Crippen MR) is 55.0 cm³/mol. The van der Waals surface area contributed by atoms with E-state index in [0.717, 1.165) is 23.7 Å². The largest absolute Gasteiger partial charge is 0.486 e. The number of aryl methyl sites for hydroxylation is 1. The van der Waals surface area contributed by atoms with Gasteiger partial charge in [0.15, 0.2) is 11.5 Å². The van der Waals surface area contributed by atoms with E-state index in [4.69, 9.17) is 9.47 Å². The van der Waals surface area contributed by atoms with Crippen molar-refractivity contribution < 1.29 is 9.47 Å². The van der Waals surface area contributed by atoms with Gasteiger partial charge in [0.1, 0.15) is 13.2 Å². The molecule has 0 fully saturated rings. The molecule has 0 amide bonds. The van der Waals surface area contributed by atoms with Gasteiger partial charge >= 0.3 is 0 Å². The second-order valence-corrected chi connectivity index (χ2v) is 3.40. The highest BCUT2D eigenvalue weighted by Crippen LogP contribution is 2.30. The monoisotopic (exact) mass is 196 g/mol. The number of hydrogen-bond donors (Lipinski definition) is 1. The van der Waals surface area contributed by atoms with E-state index in [0.29, 0.717) is 13.2 Å². The van der Waals surface area contributed by atoms with Gasteiger partial charge in [-0.3, -0.25) is 0 Å². The van der Waals surface area contributed by atoms with E-state index in [2.05, 4.69) is 18.7 Å². The van der Waals surface area contributed by atoms with Gasteiger partial charge in [0.2, 0.25) is 0 Å². The Morgan fingerprint density at radius 3 is 2.69 bits per heavy atom. The zero-order chi connectivity index (χ0) is 9.10. The highest BCUT2D eigenvalue weighted by atomic mass is 32.1. The third-order valence-corrected chi connectivity index (χ3v) is 2.23. The van der Waals surface area contributed by atoms with E-state index in [1.807, 2.05) is 12.1 Å². The molecule has 0 unspecified atom stereocenters. The average Bonchev–Trinajstić information content (AvgIpc) is 2.18. The summed E-state index contributed by atoms with van der Waals surface area (Å²) in [6, 6.07) is 6.06. The third kappa shape index (κ3) is 1.91. The summed E-state index contributed by atoms with van der Waals surface area (Å²) >= 11 is 4.19. The summed E-state index contributed by atoms with van der Waals surface area (Å²) in [5.41, 5.74) is 1.25. The standard InChI is InChI=1S/C10H12O2S/c13-6-3-8-1-2-9-10(7-8)12-5-4-11-9/h1-2,7,13H,3-6H2. The van der Waals surface area contributed by atoms with Crippen LogP contribution in [0.1, 0.15) is 5.56 Å². The molecule has 0 aromatic heterocycles. The lowest BCUT2D eigenvalue weighted by atomic mass is 10.1. The summed E-state index contributed by atoms with van der Waals surface area (Å²) in [4.78, 5) is 0. The number of thiol groups is 1. The van der Waals surface area contributed by atoms with Crippen molar-refractivity contribution in [3.8, 4) is 11.5 Å². The van der Waals surface area contributed by atoms with Crippen LogP contribution in [0, 0.1) is 0 Å². The maximum atomic E-state index is 5.46. The first kappa shape index (κ1) is 8.75. The molecule has 0 atom stereocenters. The van der Waals surface area contributed by atoms with Gasteiger partial charge in [-0.05, 0) is 29.9 Å². The second kappa shape index (κ2) is 3.92. The number of ether oxygens (including phenoxy) is 2. The highest BCUT2D eigenvalue weighted by molar-refractivity contribution is 7.80. The molecule has 13 heavy (non-hydrogen) atoms. The second-order valence-electron chi connectivity index (χ2n) is 2.95. The van der Waals surface area contributed by atoms with E-state index in [1.165, 1.54) is 5.56 Å². The van der Waals surface area contributed by atoms with Crippen molar-refractivity contribution in [3.63, 3.8) is 0 Å². The molecular formula is C10H12O2S. The molecule has 1 aliphatic heterocycles. The highest BCUT2D eigenvalue weighted by Gasteiger charge is 2.10. The zero-order valence-electron chi connectivity index (χ0n) is 7.32. The van der Waals surface area contributed by atoms with Gasteiger partial charge in [0, 0.05) is 0 Å². The molecule has 70 valence electrons. The summed E-state index contributed by atoms with van der Waals surface area (Å²) in [5.74, 6) is 2.58. The Labute approximate surface area is 83.3 Å². The van der Waals surface area contributed by atoms with Crippen molar-refractivity contribution in [2.45, 2.75) is 6.42 Å². The van der Waals surface area contributed by atoms with Crippen LogP contribution in [-0.2, 0) is 6.42 Å². The summed E-state index contributed by atoms with van der Waals surface area (Å²) in [6.07, 6.45) is 0.972. The number of benzene rings is 1. The van der Waals surface area contributed by atoms with Crippen molar-refractivity contribution in [1.82, 2.24) is 0 Å². The van der Waals surface area contributed by atoms with Crippen LogP contribution in [0.2, 0.25) is 0 Å². The number of rotatable bonds is 2. The SMILES string of the molecule is SCCc1ccc2c(c1)OCCO2. The maximum Gasteiger partial charge on any atom is 0.161 e. The molecule has 0 aliphatic carbocycles. The summed E-state index contributed by atoms with van der Waals surface area (Å²) in [6.45, 7) is 1.30. The molecule has 0 N–H and O–H groups in total. The molecule has 0 saturated heterocycles. The Kier molecular flexibility index (Phi) is 2.64. The molecule has 3 heteroatoms. The van der Waals surface area contributed by atoms with Crippen molar-refractivity contribution >= 4 is 12.6 Å². The summed E-state index contributed by atoms with van der Waals surface area (Å²) in [7, 11) is 0. The third-order valence-electron chi connectivity index (χ3n) is 2.01. The van der Waals surface area contributed by atoms with E-state index in [-0.39, 0.29) is 0 Å². The van der Waals surface area contributed by atoms with Gasteiger partial charge in [0.05, 0.1) is 0 Å². The smallest absolute Gasteiger partial charge is 0.161 e. The normalized spacial score (nSPS) is 14.2. The Morgan fingerprint density at radius 2 is 1.92 bits per heavy atom. The summed E-state index contributed by atoms with van der Waals surface area (Å²) < 4.78 is 10.9. The first-order valence-corrected chi connectivity index (χ1v) is 5.03. The minimum atomic E-state index is 0.650. The Balaban J connectivity index is 2.24. The lowest BCUT2D eigenvalue weighted by molar-refractivity contribution is 0.171. The zero-order valence-corrected chi connectivity index (χ0v) is 8.22. The molecule has 1 heterocycles. The topological polar surface area (TPSA) is 18.5 Å². The Bertz CT molecular complexity index is 299. The predicted octanol–water partition coefficient (Wildman–Crippen LogP) is 1.93. The van der Waals surface area contributed by atoms with E-state index in [1.54, 1.807) is 0 Å². The van der Waals surface area contributed by atoms with Crippen LogP contribution in [-0.4, -0.2) is 19.0 Å². The van der Waals surface area contributed by atoms with Crippen molar-refractivity contribution in [3.05, 3.63) is 23.8 Å². The minimum Gasteiger partial charge on any atom is -0.486 e. The first-order chi connectivity index (χ1) is 6.40. The van der Waals surface area contributed by atoms with Gasteiger partial charge in [-0.1, -0.05) is 6.07 Å². The van der Waals surface area contributed by atoms with Crippen LogP contribution >= 0.6 is 12.6 Å². The lowest BCUT2D eigenvalue weighted by Gasteiger charge is -2.18. The fraction of sp³-hybridized carbons (Fsp3) is 0.400. The molecule has 2 nitrogen and oxygen atoms in total. The molecule has 1 aromatic carbocycles. The van der Waals surface area contributed by atoms with E-state index >= 15 is 0 Å². The van der Waals surface area contributed by atoms with Gasteiger partial charge in [0.25, 0.3) is 0 Å². The van der Waals surface area contributed by atoms with Gasteiger partial charge in [-0.25, -0.2) is 0 Å². The molecule has 2 rings (SSSR count).